The second-order valence-electron chi connectivity index (χ2n) is 13.6. The SMILES string of the molecule is C=CCn1c(=O)c2c(n1-c1ccc3c(n1)[C@@](O)(CC)CC3)=C(CC)CC(Nc1ccc(N3CCC(N4CCC(=O)CC4)CC3)cc1)=NC=2. The smallest absolute Gasteiger partial charge is 0.276 e. The quantitative estimate of drug-likeness (QED) is 0.359. The van der Waals surface area contributed by atoms with E-state index in [1.807, 2.05) is 23.7 Å². The van der Waals surface area contributed by atoms with Gasteiger partial charge in [-0.2, -0.15) is 0 Å². The summed E-state index contributed by atoms with van der Waals surface area (Å²) < 4.78 is 3.58. The Morgan fingerprint density at radius 1 is 1.02 bits per heavy atom. The number of hydrogen-bond donors (Lipinski definition) is 2. The minimum absolute atomic E-state index is 0.143. The average Bonchev–Trinajstić information content (AvgIpc) is 3.51. The zero-order chi connectivity index (χ0) is 33.4. The van der Waals surface area contributed by atoms with Gasteiger partial charge in [-0.15, -0.1) is 6.58 Å². The van der Waals surface area contributed by atoms with Gasteiger partial charge in [-0.25, -0.2) is 19.3 Å². The Balaban J connectivity index is 1.12. The number of nitrogens with zero attached hydrogens (tertiary/aromatic N) is 6. The van der Waals surface area contributed by atoms with Gasteiger partial charge in [0.25, 0.3) is 5.56 Å². The van der Waals surface area contributed by atoms with Crippen LogP contribution >= 0.6 is 0 Å². The topological polar surface area (TPSA) is 108 Å². The van der Waals surface area contributed by atoms with Crippen molar-refractivity contribution in [3.05, 3.63) is 81.2 Å². The summed E-state index contributed by atoms with van der Waals surface area (Å²) in [5.74, 6) is 1.79. The molecule has 0 bridgehead atoms. The molecule has 5 heterocycles. The lowest BCUT2D eigenvalue weighted by Crippen LogP contribution is -2.47. The summed E-state index contributed by atoms with van der Waals surface area (Å²) in [6.07, 6.45) is 10.4. The van der Waals surface area contributed by atoms with Crippen LogP contribution in [0.5, 0.6) is 0 Å². The van der Waals surface area contributed by atoms with Crippen LogP contribution in [0.2, 0.25) is 0 Å². The third kappa shape index (κ3) is 5.96. The molecule has 3 aromatic rings. The molecule has 2 fully saturated rings. The molecule has 48 heavy (non-hydrogen) atoms. The van der Waals surface area contributed by atoms with Crippen LogP contribution in [0.15, 0.2) is 58.8 Å². The summed E-state index contributed by atoms with van der Waals surface area (Å²) in [4.78, 5) is 40.3. The fourth-order valence-corrected chi connectivity index (χ4v) is 7.94. The number of ketones is 1. The molecule has 4 aliphatic rings. The third-order valence-electron chi connectivity index (χ3n) is 10.8. The summed E-state index contributed by atoms with van der Waals surface area (Å²) in [5, 5.41) is 16.2. The number of hydrogen-bond acceptors (Lipinski definition) is 8. The number of carbonyl (C=O) groups is 1. The fourth-order valence-electron chi connectivity index (χ4n) is 7.94. The highest BCUT2D eigenvalue weighted by Crippen LogP contribution is 2.38. The van der Waals surface area contributed by atoms with E-state index in [-0.39, 0.29) is 5.56 Å². The minimum atomic E-state index is -0.954. The Hall–Kier alpha value is -4.28. The summed E-state index contributed by atoms with van der Waals surface area (Å²) in [6.45, 7) is 12.2. The molecule has 0 radical (unpaired) electrons. The Kier molecular flexibility index (Phi) is 8.96. The van der Waals surface area contributed by atoms with Crippen molar-refractivity contribution in [1.29, 1.82) is 0 Å². The molecule has 2 N–H and O–H groups in total. The highest BCUT2D eigenvalue weighted by molar-refractivity contribution is 6.01. The zero-order valence-corrected chi connectivity index (χ0v) is 28.2. The highest BCUT2D eigenvalue weighted by atomic mass is 16.3. The van der Waals surface area contributed by atoms with Gasteiger partial charge in [0.2, 0.25) is 0 Å². The number of carbonyl (C=O) groups excluding carboxylic acids is 1. The van der Waals surface area contributed by atoms with Crippen LogP contribution in [-0.2, 0) is 23.4 Å². The molecule has 0 unspecified atom stereocenters. The molecule has 3 aliphatic heterocycles. The predicted octanol–water partition coefficient (Wildman–Crippen LogP) is 3.61. The van der Waals surface area contributed by atoms with E-state index in [0.717, 1.165) is 79.9 Å². The molecule has 1 atom stereocenters. The van der Waals surface area contributed by atoms with Gasteiger partial charge < -0.3 is 15.3 Å². The van der Waals surface area contributed by atoms with E-state index in [1.54, 1.807) is 17.0 Å². The van der Waals surface area contributed by atoms with Gasteiger partial charge in [-0.3, -0.25) is 14.5 Å². The molecule has 10 nitrogen and oxygen atoms in total. The normalized spacial score (nSPS) is 21.7. The van der Waals surface area contributed by atoms with Gasteiger partial charge in [0.15, 0.2) is 5.82 Å². The first-order chi connectivity index (χ1) is 23.3. The van der Waals surface area contributed by atoms with Crippen molar-refractivity contribution in [1.82, 2.24) is 19.2 Å². The van der Waals surface area contributed by atoms with Crippen LogP contribution in [0.4, 0.5) is 11.4 Å². The second kappa shape index (κ2) is 13.3. The van der Waals surface area contributed by atoms with Gasteiger partial charge >= 0.3 is 0 Å². The number of allylic oxidation sites excluding steroid dienone is 1. The number of aliphatic hydroxyl groups is 1. The number of aromatic nitrogens is 3. The molecule has 2 saturated heterocycles. The predicted molar refractivity (Wildman–Crippen MR) is 191 cm³/mol. The molecule has 1 aliphatic carbocycles. The third-order valence-corrected chi connectivity index (χ3v) is 10.8. The number of piperidine rings is 2. The largest absolute Gasteiger partial charge is 0.384 e. The van der Waals surface area contributed by atoms with Crippen molar-refractivity contribution in [3.8, 4) is 5.82 Å². The van der Waals surface area contributed by atoms with E-state index in [4.69, 9.17) is 9.98 Å². The summed E-state index contributed by atoms with van der Waals surface area (Å²) in [5.41, 5.74) is 3.92. The number of anilines is 2. The molecule has 0 amide bonds. The van der Waals surface area contributed by atoms with E-state index in [1.165, 1.54) is 5.69 Å². The molecule has 1 aromatic carbocycles. The molecular weight excluding hydrogens is 602 g/mol. The highest BCUT2D eigenvalue weighted by Gasteiger charge is 2.37. The molecule has 7 rings (SSSR count). The van der Waals surface area contributed by atoms with E-state index in [9.17, 15) is 14.7 Å². The van der Waals surface area contributed by atoms with Gasteiger partial charge in [0, 0.05) is 69.1 Å². The summed E-state index contributed by atoms with van der Waals surface area (Å²) in [6, 6.07) is 13.1. The maximum Gasteiger partial charge on any atom is 0.276 e. The van der Waals surface area contributed by atoms with Crippen LogP contribution in [0.1, 0.15) is 76.5 Å². The first-order valence-electron chi connectivity index (χ1n) is 17.6. The number of rotatable bonds is 8. The Bertz CT molecular complexity index is 1920. The van der Waals surface area contributed by atoms with Crippen molar-refractivity contribution < 1.29 is 9.90 Å². The van der Waals surface area contributed by atoms with Crippen LogP contribution in [0.25, 0.3) is 17.6 Å². The first-order valence-corrected chi connectivity index (χ1v) is 17.6. The molecule has 0 spiro atoms. The Labute approximate surface area is 281 Å². The van der Waals surface area contributed by atoms with Crippen LogP contribution < -0.4 is 26.3 Å². The standard InChI is InChI=1S/C38H47N7O3/c1-4-19-44-37(47)32-25-39-33(24-26(5-2)35(32)45(44)34-12-7-27-13-18-38(48,6-3)36(27)41-34)40-28-8-10-29(11-9-28)42-20-14-30(15-21-42)43-22-16-31(46)17-23-43/h4,7-12,25,30,48H,1,5-6,13-24H2,2-3H3,(H,39,40)/t38-/m1/s1. The van der Waals surface area contributed by atoms with Crippen LogP contribution in [-0.4, -0.2) is 68.2 Å². The molecule has 2 aromatic heterocycles. The number of nitrogens with one attached hydrogen (secondary N) is 1. The molecule has 10 heteroatoms. The maximum absolute atomic E-state index is 13.9. The van der Waals surface area contributed by atoms with E-state index >= 15 is 0 Å². The molecule has 0 saturated carbocycles. The van der Waals surface area contributed by atoms with Crippen molar-refractivity contribution in [2.24, 2.45) is 4.99 Å². The van der Waals surface area contributed by atoms with Crippen molar-refractivity contribution in [3.63, 3.8) is 0 Å². The zero-order valence-electron chi connectivity index (χ0n) is 28.2. The molecule has 252 valence electrons. The first kappa shape index (κ1) is 32.3. The number of Topliss-reactive ketones (excluding diaryl/α,β-unsaturated/α-hetero) is 1. The number of likely N-dealkylation sites (tertiary alicyclic amines) is 1. The van der Waals surface area contributed by atoms with Crippen molar-refractivity contribution >= 4 is 34.8 Å². The van der Waals surface area contributed by atoms with Gasteiger partial charge in [0.1, 0.15) is 17.2 Å². The Morgan fingerprint density at radius 2 is 1.77 bits per heavy atom. The van der Waals surface area contributed by atoms with Crippen molar-refractivity contribution in [2.45, 2.75) is 89.8 Å². The monoisotopic (exact) mass is 649 g/mol. The van der Waals surface area contributed by atoms with E-state index in [0.29, 0.717) is 67.2 Å². The number of pyridine rings is 1. The lowest BCUT2D eigenvalue weighted by atomic mass is 9.98. The van der Waals surface area contributed by atoms with Gasteiger partial charge in [0.05, 0.1) is 22.8 Å². The lowest BCUT2D eigenvalue weighted by molar-refractivity contribution is -0.122. The number of aryl methyl sites for hydroxylation is 1. The van der Waals surface area contributed by atoms with Crippen LogP contribution in [0, 0.1) is 0 Å². The number of benzene rings is 1. The summed E-state index contributed by atoms with van der Waals surface area (Å²) in [7, 11) is 0. The minimum Gasteiger partial charge on any atom is -0.384 e. The van der Waals surface area contributed by atoms with Crippen molar-refractivity contribution in [2.75, 3.05) is 36.4 Å². The van der Waals surface area contributed by atoms with E-state index < -0.39 is 5.60 Å². The number of fused-ring (bicyclic) bond motifs is 2. The average molecular weight is 650 g/mol. The fraction of sp³-hybridized carbons (Fsp3) is 0.474. The van der Waals surface area contributed by atoms with E-state index in [2.05, 4.69) is 52.9 Å². The van der Waals surface area contributed by atoms with Gasteiger partial charge in [-0.05, 0) is 80.0 Å². The summed E-state index contributed by atoms with van der Waals surface area (Å²) >= 11 is 0. The Morgan fingerprint density at radius 3 is 2.46 bits per heavy atom. The van der Waals surface area contributed by atoms with Gasteiger partial charge in [-0.1, -0.05) is 26.0 Å². The number of amidine groups is 1. The lowest BCUT2D eigenvalue weighted by Gasteiger charge is -2.40. The second-order valence-corrected chi connectivity index (χ2v) is 13.6. The maximum atomic E-state index is 13.9. The van der Waals surface area contributed by atoms with Crippen LogP contribution in [0.3, 0.4) is 0 Å². The number of aliphatic imine (C=N–C) groups is 1. The molecular formula is C38H47N7O3.